The minimum Gasteiger partial charge on any atom is -0.487 e. The molecule has 1 aliphatic carbocycles. The number of rotatable bonds is 4. The Balaban J connectivity index is 1.52. The van der Waals surface area contributed by atoms with Gasteiger partial charge >= 0.3 is 0 Å². The van der Waals surface area contributed by atoms with E-state index in [1.54, 1.807) is 0 Å². The Bertz CT molecular complexity index is 381. The molecule has 3 rings (SSSR count). The third-order valence-electron chi connectivity index (χ3n) is 4.13. The van der Waals surface area contributed by atoms with E-state index in [4.69, 9.17) is 4.74 Å². The second-order valence-corrected chi connectivity index (χ2v) is 5.71. The number of nitrogens with one attached hydrogen (secondary N) is 1. The van der Waals surface area contributed by atoms with Crippen LogP contribution in [0.25, 0.3) is 0 Å². The highest BCUT2D eigenvalue weighted by molar-refractivity contribution is 5.13. The maximum atomic E-state index is 5.94. The summed E-state index contributed by atoms with van der Waals surface area (Å²) in [5.41, 5.74) is 0. The lowest BCUT2D eigenvalue weighted by Crippen LogP contribution is -2.24. The van der Waals surface area contributed by atoms with Gasteiger partial charge < -0.3 is 10.1 Å². The molecule has 1 aliphatic heterocycles. The van der Waals surface area contributed by atoms with Gasteiger partial charge in [0.25, 0.3) is 0 Å². The zero-order valence-electron chi connectivity index (χ0n) is 11.5. The van der Waals surface area contributed by atoms with E-state index in [1.807, 2.05) is 12.4 Å². The van der Waals surface area contributed by atoms with Crippen molar-refractivity contribution in [2.45, 2.75) is 63.5 Å². The third kappa shape index (κ3) is 3.66. The molecule has 0 aromatic carbocycles. The van der Waals surface area contributed by atoms with Gasteiger partial charge in [-0.25, -0.2) is 9.97 Å². The van der Waals surface area contributed by atoms with Crippen molar-refractivity contribution >= 4 is 0 Å². The fraction of sp³-hybridized carbons (Fsp3) is 0.733. The number of aromatic nitrogens is 2. The minimum absolute atomic E-state index is 0.375. The summed E-state index contributed by atoms with van der Waals surface area (Å²) < 4.78 is 5.94. The monoisotopic (exact) mass is 261 g/mol. The highest BCUT2D eigenvalue weighted by Crippen LogP contribution is 2.22. The first kappa shape index (κ1) is 12.9. The molecule has 1 saturated carbocycles. The van der Waals surface area contributed by atoms with Gasteiger partial charge in [-0.05, 0) is 45.1 Å². The topological polar surface area (TPSA) is 47.0 Å². The Hall–Kier alpha value is -1.16. The van der Waals surface area contributed by atoms with Crippen LogP contribution in [0.5, 0.6) is 5.75 Å². The zero-order chi connectivity index (χ0) is 12.9. The Morgan fingerprint density at radius 2 is 1.84 bits per heavy atom. The first-order valence-corrected chi connectivity index (χ1v) is 7.61. The summed E-state index contributed by atoms with van der Waals surface area (Å²) in [5.74, 6) is 1.76. The number of hydrogen-bond donors (Lipinski definition) is 1. The van der Waals surface area contributed by atoms with E-state index in [2.05, 4.69) is 15.3 Å². The molecule has 19 heavy (non-hydrogen) atoms. The molecule has 2 aliphatic rings. The van der Waals surface area contributed by atoms with Crippen molar-refractivity contribution in [3.63, 3.8) is 0 Å². The van der Waals surface area contributed by atoms with Crippen molar-refractivity contribution in [2.24, 2.45) is 0 Å². The van der Waals surface area contributed by atoms with Crippen molar-refractivity contribution in [3.05, 3.63) is 18.2 Å². The van der Waals surface area contributed by atoms with Gasteiger partial charge in [0.15, 0.2) is 5.75 Å². The molecule has 1 saturated heterocycles. The fourth-order valence-electron chi connectivity index (χ4n) is 3.04. The van der Waals surface area contributed by atoms with Crippen LogP contribution in [0.1, 0.15) is 50.8 Å². The van der Waals surface area contributed by atoms with Crippen LogP contribution in [0.3, 0.4) is 0 Å². The molecule has 1 atom stereocenters. The van der Waals surface area contributed by atoms with Crippen LogP contribution in [0.2, 0.25) is 0 Å². The Kier molecular flexibility index (Phi) is 4.28. The van der Waals surface area contributed by atoms with E-state index in [-0.39, 0.29) is 0 Å². The first-order valence-electron chi connectivity index (χ1n) is 7.61. The molecule has 1 N–H and O–H groups in total. The molecule has 0 spiro atoms. The molecule has 2 fully saturated rings. The number of hydrogen-bond acceptors (Lipinski definition) is 4. The smallest absolute Gasteiger partial charge is 0.156 e. The second kappa shape index (κ2) is 6.33. The van der Waals surface area contributed by atoms with Crippen LogP contribution in [0, 0.1) is 0 Å². The molecule has 1 aromatic heterocycles. The van der Waals surface area contributed by atoms with Crippen LogP contribution in [-0.4, -0.2) is 28.7 Å². The number of nitrogens with zero attached hydrogens (tertiary/aromatic N) is 2. The van der Waals surface area contributed by atoms with Crippen LogP contribution in [-0.2, 0) is 6.42 Å². The van der Waals surface area contributed by atoms with Gasteiger partial charge in [-0.2, -0.15) is 0 Å². The van der Waals surface area contributed by atoms with Crippen molar-refractivity contribution in [2.75, 3.05) is 6.54 Å². The van der Waals surface area contributed by atoms with Gasteiger partial charge in [0.05, 0.1) is 18.5 Å². The fourth-order valence-corrected chi connectivity index (χ4v) is 3.04. The minimum atomic E-state index is 0.375. The SMILES string of the molecule is c1nc(CC2CCCN2)ncc1OC1CCCCC1. The van der Waals surface area contributed by atoms with Crippen molar-refractivity contribution in [3.8, 4) is 5.75 Å². The highest BCUT2D eigenvalue weighted by atomic mass is 16.5. The molecule has 0 bridgehead atoms. The van der Waals surface area contributed by atoms with E-state index in [0.717, 1.165) is 24.5 Å². The Morgan fingerprint density at radius 3 is 2.53 bits per heavy atom. The van der Waals surface area contributed by atoms with Gasteiger partial charge in [0.1, 0.15) is 5.82 Å². The second-order valence-electron chi connectivity index (χ2n) is 5.71. The van der Waals surface area contributed by atoms with Crippen molar-refractivity contribution in [1.29, 1.82) is 0 Å². The summed E-state index contributed by atoms with van der Waals surface area (Å²) >= 11 is 0. The maximum Gasteiger partial charge on any atom is 0.156 e. The van der Waals surface area contributed by atoms with Crippen molar-refractivity contribution in [1.82, 2.24) is 15.3 Å². The summed E-state index contributed by atoms with van der Waals surface area (Å²) in [6.07, 6.45) is 13.8. The Labute approximate surface area is 115 Å². The molecule has 2 heterocycles. The molecule has 4 heteroatoms. The van der Waals surface area contributed by atoms with Crippen LogP contribution in [0.4, 0.5) is 0 Å². The maximum absolute atomic E-state index is 5.94. The average Bonchev–Trinajstić information content (AvgIpc) is 2.95. The van der Waals surface area contributed by atoms with Crippen LogP contribution in [0.15, 0.2) is 12.4 Å². The van der Waals surface area contributed by atoms with Crippen LogP contribution >= 0.6 is 0 Å². The molecule has 104 valence electrons. The van der Waals surface area contributed by atoms with Gasteiger partial charge in [0, 0.05) is 12.5 Å². The largest absolute Gasteiger partial charge is 0.487 e. The van der Waals surface area contributed by atoms with E-state index < -0.39 is 0 Å². The van der Waals surface area contributed by atoms with Gasteiger partial charge in [0.2, 0.25) is 0 Å². The van der Waals surface area contributed by atoms with Gasteiger partial charge in [-0.3, -0.25) is 0 Å². The standard InChI is InChI=1S/C15H23N3O/c1-2-6-13(7-3-1)19-14-10-17-15(18-11-14)9-12-5-4-8-16-12/h10-13,16H,1-9H2. The quantitative estimate of drug-likeness (QED) is 0.904. The van der Waals surface area contributed by atoms with E-state index in [1.165, 1.54) is 44.9 Å². The van der Waals surface area contributed by atoms with E-state index in [0.29, 0.717) is 12.1 Å². The lowest BCUT2D eigenvalue weighted by Gasteiger charge is -2.22. The molecular weight excluding hydrogens is 238 g/mol. The zero-order valence-corrected chi connectivity index (χ0v) is 11.5. The summed E-state index contributed by atoms with van der Waals surface area (Å²) in [6.45, 7) is 1.13. The van der Waals surface area contributed by atoms with Crippen LogP contribution < -0.4 is 10.1 Å². The highest BCUT2D eigenvalue weighted by Gasteiger charge is 2.17. The van der Waals surface area contributed by atoms with E-state index in [9.17, 15) is 0 Å². The predicted molar refractivity (Wildman–Crippen MR) is 74.3 cm³/mol. The molecule has 1 unspecified atom stereocenters. The summed E-state index contributed by atoms with van der Waals surface area (Å²) in [4.78, 5) is 8.86. The van der Waals surface area contributed by atoms with Crippen molar-refractivity contribution < 1.29 is 4.74 Å². The third-order valence-corrected chi connectivity index (χ3v) is 4.13. The summed E-state index contributed by atoms with van der Waals surface area (Å²) in [7, 11) is 0. The normalized spacial score (nSPS) is 24.5. The summed E-state index contributed by atoms with van der Waals surface area (Å²) in [6, 6.07) is 0.560. The predicted octanol–water partition coefficient (Wildman–Crippen LogP) is 2.48. The average molecular weight is 261 g/mol. The lowest BCUT2D eigenvalue weighted by molar-refractivity contribution is 0.153. The first-order chi connectivity index (χ1) is 9.40. The molecule has 4 nitrogen and oxygen atoms in total. The molecular formula is C15H23N3O. The molecule has 0 amide bonds. The van der Waals surface area contributed by atoms with Gasteiger partial charge in [-0.15, -0.1) is 0 Å². The molecule has 1 aromatic rings. The van der Waals surface area contributed by atoms with Gasteiger partial charge in [-0.1, -0.05) is 6.42 Å². The lowest BCUT2D eigenvalue weighted by atomic mass is 9.98. The Morgan fingerprint density at radius 1 is 1.05 bits per heavy atom. The molecule has 0 radical (unpaired) electrons. The van der Waals surface area contributed by atoms with E-state index >= 15 is 0 Å². The number of ether oxygens (including phenoxy) is 1. The summed E-state index contributed by atoms with van der Waals surface area (Å²) in [5, 5.41) is 3.47.